The molecule has 1 fully saturated rings. The van der Waals surface area contributed by atoms with Gasteiger partial charge >= 0.3 is 6.09 Å². The van der Waals surface area contributed by atoms with Gasteiger partial charge in [-0.2, -0.15) is 0 Å². The molecule has 0 saturated carbocycles. The van der Waals surface area contributed by atoms with Crippen LogP contribution in [0.25, 0.3) is 0 Å². The molecule has 0 aliphatic carbocycles. The molecule has 0 bridgehead atoms. The zero-order chi connectivity index (χ0) is 15.5. The van der Waals surface area contributed by atoms with Crippen LogP contribution >= 0.6 is 0 Å². The van der Waals surface area contributed by atoms with Crippen molar-refractivity contribution in [3.63, 3.8) is 0 Å². The Hall–Kier alpha value is -1.80. The number of anilines is 2. The SMILES string of the molecule is CCOC(=O)Nc1cccc(N[C@H]2CS(=O)(=O)C[C@@H]2O)c1. The van der Waals surface area contributed by atoms with Crippen LogP contribution in [-0.4, -0.2) is 49.9 Å². The molecule has 0 aromatic heterocycles. The van der Waals surface area contributed by atoms with Crippen LogP contribution in [-0.2, 0) is 14.6 Å². The minimum absolute atomic E-state index is 0.107. The standard InChI is InChI=1S/C13H18N2O5S/c1-2-20-13(17)15-10-5-3-4-9(6-10)14-11-7-21(18,19)8-12(11)16/h3-6,11-12,14,16H,2,7-8H2,1H3,(H,15,17)/t11-,12-/m0/s1. The van der Waals surface area contributed by atoms with E-state index in [0.717, 1.165) is 0 Å². The van der Waals surface area contributed by atoms with Gasteiger partial charge in [0.15, 0.2) is 9.84 Å². The molecule has 3 N–H and O–H groups in total. The number of nitrogens with one attached hydrogen (secondary N) is 2. The van der Waals surface area contributed by atoms with Crippen LogP contribution in [0.2, 0.25) is 0 Å². The van der Waals surface area contributed by atoms with Gasteiger partial charge in [-0.15, -0.1) is 0 Å². The summed E-state index contributed by atoms with van der Waals surface area (Å²) in [5.41, 5.74) is 1.14. The smallest absolute Gasteiger partial charge is 0.411 e. The van der Waals surface area contributed by atoms with Crippen LogP contribution in [0.15, 0.2) is 24.3 Å². The summed E-state index contributed by atoms with van der Waals surface area (Å²) in [5, 5.41) is 15.3. The third-order valence-electron chi connectivity index (χ3n) is 3.06. The lowest BCUT2D eigenvalue weighted by Crippen LogP contribution is -2.31. The molecular formula is C13H18N2O5S. The molecule has 0 unspecified atom stereocenters. The second-order valence-corrected chi connectivity index (χ2v) is 6.98. The van der Waals surface area contributed by atoms with Gasteiger partial charge in [0.2, 0.25) is 0 Å². The van der Waals surface area contributed by atoms with Gasteiger partial charge in [-0.05, 0) is 25.1 Å². The topological polar surface area (TPSA) is 105 Å². The Morgan fingerprint density at radius 2 is 2.10 bits per heavy atom. The van der Waals surface area contributed by atoms with Crippen LogP contribution in [0.1, 0.15) is 6.92 Å². The van der Waals surface area contributed by atoms with E-state index in [1.54, 1.807) is 31.2 Å². The third-order valence-corrected chi connectivity index (χ3v) is 4.78. The van der Waals surface area contributed by atoms with Gasteiger partial charge in [-0.1, -0.05) is 6.07 Å². The fourth-order valence-corrected chi connectivity index (χ4v) is 3.89. The second kappa shape index (κ2) is 6.31. The van der Waals surface area contributed by atoms with E-state index in [4.69, 9.17) is 4.74 Å². The normalized spacial score (nSPS) is 23.5. The lowest BCUT2D eigenvalue weighted by molar-refractivity contribution is 0.168. The van der Waals surface area contributed by atoms with Crippen LogP contribution in [0.5, 0.6) is 0 Å². The van der Waals surface area contributed by atoms with Crippen LogP contribution in [0.4, 0.5) is 16.2 Å². The van der Waals surface area contributed by atoms with Crippen LogP contribution in [0.3, 0.4) is 0 Å². The Balaban J connectivity index is 2.03. The monoisotopic (exact) mass is 314 g/mol. The second-order valence-electron chi connectivity index (χ2n) is 4.82. The summed E-state index contributed by atoms with van der Waals surface area (Å²) in [6, 6.07) is 6.22. The summed E-state index contributed by atoms with van der Waals surface area (Å²) in [6.45, 7) is 1.98. The van der Waals surface area contributed by atoms with Gasteiger partial charge in [0.05, 0.1) is 30.3 Å². The number of carbonyl (C=O) groups is 1. The number of ether oxygens (including phenoxy) is 1. The molecule has 2 rings (SSSR count). The zero-order valence-electron chi connectivity index (χ0n) is 11.6. The number of amides is 1. The number of sulfone groups is 1. The fourth-order valence-electron chi connectivity index (χ4n) is 2.15. The number of aliphatic hydroxyl groups is 1. The maximum atomic E-state index is 11.5. The molecule has 7 nitrogen and oxygen atoms in total. The fraction of sp³-hybridized carbons (Fsp3) is 0.462. The summed E-state index contributed by atoms with van der Waals surface area (Å²) in [7, 11) is -3.20. The lowest BCUT2D eigenvalue weighted by Gasteiger charge is -2.17. The van der Waals surface area contributed by atoms with E-state index in [2.05, 4.69) is 10.6 Å². The molecule has 0 radical (unpaired) electrons. The average molecular weight is 314 g/mol. The van der Waals surface area contributed by atoms with Crippen molar-refractivity contribution in [2.45, 2.75) is 19.1 Å². The van der Waals surface area contributed by atoms with Gasteiger partial charge in [-0.3, -0.25) is 5.32 Å². The molecule has 116 valence electrons. The highest BCUT2D eigenvalue weighted by Gasteiger charge is 2.36. The van der Waals surface area contributed by atoms with Crippen molar-refractivity contribution in [3.05, 3.63) is 24.3 Å². The van der Waals surface area contributed by atoms with E-state index in [1.165, 1.54) is 0 Å². The molecule has 1 aromatic carbocycles. The molecule has 1 aliphatic heterocycles. The highest BCUT2D eigenvalue weighted by Crippen LogP contribution is 2.21. The molecule has 1 heterocycles. The highest BCUT2D eigenvalue weighted by molar-refractivity contribution is 7.91. The summed E-state index contributed by atoms with van der Waals surface area (Å²) in [4.78, 5) is 11.3. The predicted octanol–water partition coefficient (Wildman–Crippen LogP) is 0.825. The first-order chi connectivity index (χ1) is 9.89. The van der Waals surface area contributed by atoms with Crippen LogP contribution < -0.4 is 10.6 Å². The minimum Gasteiger partial charge on any atom is -0.450 e. The first kappa shape index (κ1) is 15.6. The van der Waals surface area contributed by atoms with Crippen molar-refractivity contribution in [1.29, 1.82) is 0 Å². The predicted molar refractivity (Wildman–Crippen MR) is 79.2 cm³/mol. The number of hydrogen-bond donors (Lipinski definition) is 3. The first-order valence-corrected chi connectivity index (χ1v) is 8.40. The van der Waals surface area contributed by atoms with Crippen molar-refractivity contribution < 1.29 is 23.1 Å². The number of benzene rings is 1. The van der Waals surface area contributed by atoms with Crippen molar-refractivity contribution in [3.8, 4) is 0 Å². The van der Waals surface area contributed by atoms with E-state index < -0.39 is 28.1 Å². The molecule has 8 heteroatoms. The van der Waals surface area contributed by atoms with Crippen LogP contribution in [0, 0.1) is 0 Å². The maximum absolute atomic E-state index is 11.5. The molecule has 1 amide bonds. The Labute approximate surface area is 123 Å². The van der Waals surface area contributed by atoms with E-state index in [0.29, 0.717) is 11.4 Å². The van der Waals surface area contributed by atoms with Crippen molar-refractivity contribution in [2.75, 3.05) is 28.7 Å². The minimum atomic E-state index is -3.20. The summed E-state index contributed by atoms with van der Waals surface area (Å²) in [6.07, 6.45) is -1.49. The maximum Gasteiger partial charge on any atom is 0.411 e. The average Bonchev–Trinajstić information content (AvgIpc) is 2.62. The molecule has 21 heavy (non-hydrogen) atoms. The van der Waals surface area contributed by atoms with Crippen molar-refractivity contribution >= 4 is 27.3 Å². The van der Waals surface area contributed by atoms with Crippen molar-refractivity contribution in [1.82, 2.24) is 0 Å². The highest BCUT2D eigenvalue weighted by atomic mass is 32.2. The number of aliphatic hydroxyl groups excluding tert-OH is 1. The number of rotatable bonds is 4. The van der Waals surface area contributed by atoms with Crippen molar-refractivity contribution in [2.24, 2.45) is 0 Å². The van der Waals surface area contributed by atoms with E-state index >= 15 is 0 Å². The Kier molecular flexibility index (Phi) is 4.69. The molecule has 1 aliphatic rings. The first-order valence-electron chi connectivity index (χ1n) is 6.58. The Bertz CT molecular complexity index is 617. The number of hydrogen-bond acceptors (Lipinski definition) is 6. The van der Waals surface area contributed by atoms with Gasteiger partial charge in [0, 0.05) is 11.4 Å². The Morgan fingerprint density at radius 3 is 2.71 bits per heavy atom. The van der Waals surface area contributed by atoms with Gasteiger partial charge in [0.25, 0.3) is 0 Å². The summed E-state index contributed by atoms with van der Waals surface area (Å²) >= 11 is 0. The molecule has 1 aromatic rings. The van der Waals surface area contributed by atoms with E-state index in [-0.39, 0.29) is 18.1 Å². The largest absolute Gasteiger partial charge is 0.450 e. The zero-order valence-corrected chi connectivity index (χ0v) is 12.4. The molecular weight excluding hydrogens is 296 g/mol. The number of carbonyl (C=O) groups excluding carboxylic acids is 1. The van der Waals surface area contributed by atoms with Gasteiger partial charge in [0.1, 0.15) is 0 Å². The summed E-state index contributed by atoms with van der Waals surface area (Å²) in [5.74, 6) is -0.338. The quantitative estimate of drug-likeness (QED) is 0.760. The summed E-state index contributed by atoms with van der Waals surface area (Å²) < 4.78 is 27.7. The van der Waals surface area contributed by atoms with E-state index in [9.17, 15) is 18.3 Å². The molecule has 2 atom stereocenters. The van der Waals surface area contributed by atoms with Gasteiger partial charge in [-0.25, -0.2) is 13.2 Å². The molecule has 0 spiro atoms. The Morgan fingerprint density at radius 1 is 1.38 bits per heavy atom. The lowest BCUT2D eigenvalue weighted by atomic mass is 10.2. The molecule has 1 saturated heterocycles. The third kappa shape index (κ3) is 4.33. The van der Waals surface area contributed by atoms with Gasteiger partial charge < -0.3 is 15.2 Å². The van der Waals surface area contributed by atoms with E-state index in [1.807, 2.05) is 0 Å².